The van der Waals surface area contributed by atoms with Crippen LogP contribution in [0.15, 0.2) is 18.3 Å². The van der Waals surface area contributed by atoms with Crippen LogP contribution >= 0.6 is 0 Å². The summed E-state index contributed by atoms with van der Waals surface area (Å²) in [5.41, 5.74) is 0.286. The second-order valence-electron chi connectivity index (χ2n) is 5.25. The van der Waals surface area contributed by atoms with E-state index in [2.05, 4.69) is 15.0 Å². The maximum absolute atomic E-state index is 12.9. The number of nitrogens with zero attached hydrogens (tertiary/aromatic N) is 2. The third kappa shape index (κ3) is 4.20. The number of alkyl halides is 3. The normalized spacial score (nSPS) is 21.2. The first kappa shape index (κ1) is 18.1. The standard InChI is InChI=1S/C14H16F3N3O4/c1-20(2)13(22)9-4-3-8(7-18-9)19-12(21)10-11(14(15,16)17)24-6-5-23-10/h3-4,7,10-11H,5-6H2,1-2H3,(H,19,21)/t10-,11+/m1/s1. The molecule has 1 aromatic heterocycles. The predicted octanol–water partition coefficient (Wildman–Crippen LogP) is 1.07. The van der Waals surface area contributed by atoms with Crippen molar-refractivity contribution in [1.29, 1.82) is 0 Å². The lowest BCUT2D eigenvalue weighted by molar-refractivity contribution is -0.271. The van der Waals surface area contributed by atoms with Crippen molar-refractivity contribution in [2.24, 2.45) is 0 Å². The van der Waals surface area contributed by atoms with E-state index in [1.165, 1.54) is 23.2 Å². The second-order valence-corrected chi connectivity index (χ2v) is 5.25. The molecule has 1 aliphatic heterocycles. The second kappa shape index (κ2) is 7.14. The topological polar surface area (TPSA) is 80.8 Å². The summed E-state index contributed by atoms with van der Waals surface area (Å²) in [6.07, 6.45) is -7.67. The Morgan fingerprint density at radius 1 is 1.25 bits per heavy atom. The van der Waals surface area contributed by atoms with Gasteiger partial charge in [-0.2, -0.15) is 13.2 Å². The number of ether oxygens (including phenoxy) is 2. The van der Waals surface area contributed by atoms with Gasteiger partial charge in [0, 0.05) is 14.1 Å². The van der Waals surface area contributed by atoms with E-state index in [-0.39, 0.29) is 30.5 Å². The summed E-state index contributed by atoms with van der Waals surface area (Å²) in [6.45, 7) is -0.351. The van der Waals surface area contributed by atoms with Gasteiger partial charge in [-0.1, -0.05) is 0 Å². The lowest BCUT2D eigenvalue weighted by atomic mass is 10.1. The van der Waals surface area contributed by atoms with Gasteiger partial charge in [0.2, 0.25) is 0 Å². The molecule has 1 saturated heterocycles. The quantitative estimate of drug-likeness (QED) is 0.885. The average Bonchev–Trinajstić information content (AvgIpc) is 2.54. The Hall–Kier alpha value is -2.20. The number of anilines is 1. The lowest BCUT2D eigenvalue weighted by Crippen LogP contribution is -2.53. The van der Waals surface area contributed by atoms with Crippen molar-refractivity contribution in [3.63, 3.8) is 0 Å². The minimum Gasteiger partial charge on any atom is -0.363 e. The lowest BCUT2D eigenvalue weighted by Gasteiger charge is -2.32. The predicted molar refractivity (Wildman–Crippen MR) is 76.4 cm³/mol. The van der Waals surface area contributed by atoms with Crippen molar-refractivity contribution in [2.45, 2.75) is 18.4 Å². The zero-order valence-electron chi connectivity index (χ0n) is 13.0. The van der Waals surface area contributed by atoms with E-state index in [9.17, 15) is 22.8 Å². The molecule has 10 heteroatoms. The Balaban J connectivity index is 2.07. The molecule has 1 aromatic rings. The SMILES string of the molecule is CN(C)C(=O)c1ccc(NC(=O)[C@@H]2OCCO[C@@H]2C(F)(F)F)cn1. The molecule has 0 radical (unpaired) electrons. The fraction of sp³-hybridized carbons (Fsp3) is 0.500. The largest absolute Gasteiger partial charge is 0.417 e. The zero-order chi connectivity index (χ0) is 17.9. The number of hydrogen-bond acceptors (Lipinski definition) is 5. The number of carbonyl (C=O) groups is 2. The number of rotatable bonds is 3. The number of aromatic nitrogens is 1. The summed E-state index contributed by atoms with van der Waals surface area (Å²) in [7, 11) is 3.11. The van der Waals surface area contributed by atoms with Gasteiger partial charge >= 0.3 is 6.18 Å². The van der Waals surface area contributed by atoms with Gasteiger partial charge in [0.05, 0.1) is 25.1 Å². The van der Waals surface area contributed by atoms with Crippen LogP contribution in [-0.4, -0.2) is 67.4 Å². The summed E-state index contributed by atoms with van der Waals surface area (Å²) in [6, 6.07) is 2.73. The first-order chi connectivity index (χ1) is 11.2. The smallest absolute Gasteiger partial charge is 0.363 e. The van der Waals surface area contributed by atoms with E-state index in [0.717, 1.165) is 0 Å². The van der Waals surface area contributed by atoms with Gasteiger partial charge in [0.25, 0.3) is 11.8 Å². The number of halogens is 3. The molecule has 2 atom stereocenters. The minimum absolute atomic E-state index is 0.112. The van der Waals surface area contributed by atoms with E-state index >= 15 is 0 Å². The number of nitrogens with one attached hydrogen (secondary N) is 1. The summed E-state index contributed by atoms with van der Waals surface area (Å²) < 4.78 is 48.1. The fourth-order valence-electron chi connectivity index (χ4n) is 2.04. The third-order valence-corrected chi connectivity index (χ3v) is 3.19. The average molecular weight is 347 g/mol. The van der Waals surface area contributed by atoms with Gasteiger partial charge < -0.3 is 19.7 Å². The molecular formula is C14H16F3N3O4. The Morgan fingerprint density at radius 2 is 1.92 bits per heavy atom. The van der Waals surface area contributed by atoms with Crippen LogP contribution < -0.4 is 5.32 Å². The molecule has 0 spiro atoms. The third-order valence-electron chi connectivity index (χ3n) is 3.19. The molecule has 2 heterocycles. The van der Waals surface area contributed by atoms with Crippen LogP contribution in [0.3, 0.4) is 0 Å². The van der Waals surface area contributed by atoms with Crippen molar-refractivity contribution in [2.75, 3.05) is 32.6 Å². The first-order valence-electron chi connectivity index (χ1n) is 6.98. The Morgan fingerprint density at radius 3 is 2.46 bits per heavy atom. The maximum Gasteiger partial charge on any atom is 0.417 e. The fourth-order valence-corrected chi connectivity index (χ4v) is 2.04. The van der Waals surface area contributed by atoms with Crippen molar-refractivity contribution < 1.29 is 32.2 Å². The molecule has 24 heavy (non-hydrogen) atoms. The van der Waals surface area contributed by atoms with Crippen molar-refractivity contribution in [3.8, 4) is 0 Å². The number of carbonyl (C=O) groups excluding carboxylic acids is 2. The molecule has 0 aliphatic carbocycles. The monoisotopic (exact) mass is 347 g/mol. The van der Waals surface area contributed by atoms with Crippen LogP contribution in [-0.2, 0) is 14.3 Å². The molecule has 0 saturated carbocycles. The van der Waals surface area contributed by atoms with Gasteiger partial charge in [-0.15, -0.1) is 0 Å². The molecule has 2 rings (SSSR count). The molecule has 0 unspecified atom stereocenters. The van der Waals surface area contributed by atoms with Crippen LogP contribution in [0.4, 0.5) is 18.9 Å². The molecule has 1 N–H and O–H groups in total. The molecule has 1 aliphatic rings. The zero-order valence-corrected chi connectivity index (χ0v) is 13.0. The highest BCUT2D eigenvalue weighted by Crippen LogP contribution is 2.29. The number of amides is 2. The van der Waals surface area contributed by atoms with Gasteiger partial charge in [-0.25, -0.2) is 4.98 Å². The number of pyridine rings is 1. The molecular weight excluding hydrogens is 331 g/mol. The minimum atomic E-state index is -4.72. The van der Waals surface area contributed by atoms with Gasteiger partial charge in [0.15, 0.2) is 12.2 Å². The molecule has 1 fully saturated rings. The van der Waals surface area contributed by atoms with E-state index in [0.29, 0.717) is 0 Å². The highest BCUT2D eigenvalue weighted by Gasteiger charge is 2.51. The van der Waals surface area contributed by atoms with E-state index in [1.54, 1.807) is 14.1 Å². The molecule has 132 valence electrons. The summed E-state index contributed by atoms with van der Waals surface area (Å²) in [5, 5.41) is 2.28. The molecule has 0 aromatic carbocycles. The van der Waals surface area contributed by atoms with Crippen LogP contribution in [0.2, 0.25) is 0 Å². The van der Waals surface area contributed by atoms with E-state index in [1.807, 2.05) is 0 Å². The Kier molecular flexibility index (Phi) is 5.40. The molecule has 0 bridgehead atoms. The van der Waals surface area contributed by atoms with E-state index in [4.69, 9.17) is 4.74 Å². The Labute approximate surface area is 135 Å². The van der Waals surface area contributed by atoms with Gasteiger partial charge in [0.1, 0.15) is 5.69 Å². The van der Waals surface area contributed by atoms with Crippen LogP contribution in [0, 0.1) is 0 Å². The first-order valence-corrected chi connectivity index (χ1v) is 6.98. The highest BCUT2D eigenvalue weighted by molar-refractivity contribution is 5.95. The van der Waals surface area contributed by atoms with E-state index < -0.39 is 24.3 Å². The maximum atomic E-state index is 12.9. The van der Waals surface area contributed by atoms with Crippen molar-refractivity contribution in [3.05, 3.63) is 24.0 Å². The molecule has 2 amide bonds. The Bertz CT molecular complexity index is 604. The van der Waals surface area contributed by atoms with Crippen LogP contribution in [0.1, 0.15) is 10.5 Å². The highest BCUT2D eigenvalue weighted by atomic mass is 19.4. The van der Waals surface area contributed by atoms with Crippen LogP contribution in [0.5, 0.6) is 0 Å². The van der Waals surface area contributed by atoms with Crippen LogP contribution in [0.25, 0.3) is 0 Å². The summed E-state index contributed by atoms with van der Waals surface area (Å²) in [5.74, 6) is -1.33. The van der Waals surface area contributed by atoms with Crippen molar-refractivity contribution >= 4 is 17.5 Å². The number of hydrogen-bond donors (Lipinski definition) is 1. The molecule has 7 nitrogen and oxygen atoms in total. The van der Waals surface area contributed by atoms with Gasteiger partial charge in [-0.05, 0) is 12.1 Å². The van der Waals surface area contributed by atoms with Crippen molar-refractivity contribution in [1.82, 2.24) is 9.88 Å². The summed E-state index contributed by atoms with van der Waals surface area (Å²) >= 11 is 0. The summed E-state index contributed by atoms with van der Waals surface area (Å²) in [4.78, 5) is 28.9. The van der Waals surface area contributed by atoms with Gasteiger partial charge in [-0.3, -0.25) is 9.59 Å².